The molecule has 26 heavy (non-hydrogen) atoms. The molecule has 0 atom stereocenters. The molecule has 1 aromatic carbocycles. The van der Waals surface area contributed by atoms with Crippen molar-refractivity contribution in [1.82, 2.24) is 20.1 Å². The van der Waals surface area contributed by atoms with E-state index in [9.17, 15) is 9.18 Å². The molecule has 0 aliphatic heterocycles. The van der Waals surface area contributed by atoms with Gasteiger partial charge in [-0.2, -0.15) is 0 Å². The second-order valence-corrected chi connectivity index (χ2v) is 7.28. The minimum atomic E-state index is -0.339. The van der Waals surface area contributed by atoms with Crippen LogP contribution in [-0.4, -0.2) is 33.0 Å². The Balaban J connectivity index is 1.49. The largest absolute Gasteiger partial charge is 0.355 e. The van der Waals surface area contributed by atoms with Crippen molar-refractivity contribution in [3.05, 3.63) is 41.7 Å². The van der Waals surface area contributed by atoms with Gasteiger partial charge >= 0.3 is 0 Å². The number of benzene rings is 1. The number of amides is 1. The first kappa shape index (κ1) is 18.6. The first-order chi connectivity index (χ1) is 12.6. The summed E-state index contributed by atoms with van der Waals surface area (Å²) in [7, 11) is 1.78. The van der Waals surface area contributed by atoms with E-state index < -0.39 is 0 Å². The van der Waals surface area contributed by atoms with Crippen molar-refractivity contribution < 1.29 is 9.18 Å². The molecule has 0 fully saturated rings. The Kier molecular flexibility index (Phi) is 6.44. The van der Waals surface area contributed by atoms with Gasteiger partial charge in [-0.1, -0.05) is 35.5 Å². The highest BCUT2D eigenvalue weighted by molar-refractivity contribution is 7.99. The number of nitrogens with one attached hydrogen (secondary N) is 1. The number of aromatic nitrogens is 3. The Labute approximate surface area is 157 Å². The van der Waals surface area contributed by atoms with Crippen LogP contribution < -0.4 is 5.32 Å². The highest BCUT2D eigenvalue weighted by Crippen LogP contribution is 2.24. The van der Waals surface area contributed by atoms with Gasteiger partial charge in [0.15, 0.2) is 11.0 Å². The van der Waals surface area contributed by atoms with Crippen LogP contribution in [0.1, 0.15) is 32.1 Å². The van der Waals surface area contributed by atoms with Crippen LogP contribution in [0.5, 0.6) is 0 Å². The van der Waals surface area contributed by atoms with Crippen molar-refractivity contribution in [2.75, 3.05) is 12.3 Å². The fourth-order valence-electron chi connectivity index (χ4n) is 2.99. The van der Waals surface area contributed by atoms with Gasteiger partial charge < -0.3 is 9.88 Å². The van der Waals surface area contributed by atoms with E-state index in [0.717, 1.165) is 19.3 Å². The summed E-state index contributed by atoms with van der Waals surface area (Å²) in [5.41, 5.74) is 1.85. The molecule has 1 aromatic heterocycles. The van der Waals surface area contributed by atoms with Crippen molar-refractivity contribution in [3.8, 4) is 11.4 Å². The van der Waals surface area contributed by atoms with Gasteiger partial charge in [0.25, 0.3) is 0 Å². The lowest BCUT2D eigenvalue weighted by Crippen LogP contribution is -2.26. The molecule has 7 heteroatoms. The first-order valence-corrected chi connectivity index (χ1v) is 9.85. The van der Waals surface area contributed by atoms with Crippen LogP contribution in [0.2, 0.25) is 0 Å². The SMILES string of the molecule is Cn1c(SCC(=O)NCCC2=CCCCC2)nnc1-c1ccccc1F. The van der Waals surface area contributed by atoms with Crippen LogP contribution in [-0.2, 0) is 11.8 Å². The number of carbonyl (C=O) groups excluding carboxylic acids is 1. The first-order valence-electron chi connectivity index (χ1n) is 8.87. The fraction of sp³-hybridized carbons (Fsp3) is 0.421. The minimum Gasteiger partial charge on any atom is -0.355 e. The maximum absolute atomic E-state index is 13.9. The second-order valence-electron chi connectivity index (χ2n) is 6.34. The van der Waals surface area contributed by atoms with Crippen molar-refractivity contribution >= 4 is 17.7 Å². The summed E-state index contributed by atoms with van der Waals surface area (Å²) >= 11 is 1.30. The Morgan fingerprint density at radius 3 is 2.92 bits per heavy atom. The molecule has 0 saturated carbocycles. The summed E-state index contributed by atoms with van der Waals surface area (Å²) in [5.74, 6) is 0.355. The van der Waals surface area contributed by atoms with Gasteiger partial charge in [-0.3, -0.25) is 4.79 Å². The molecule has 3 rings (SSSR count). The van der Waals surface area contributed by atoms with Crippen molar-refractivity contribution in [3.63, 3.8) is 0 Å². The van der Waals surface area contributed by atoms with Crippen LogP contribution in [0, 0.1) is 5.82 Å². The monoisotopic (exact) mass is 374 g/mol. The Morgan fingerprint density at radius 2 is 2.15 bits per heavy atom. The highest BCUT2D eigenvalue weighted by atomic mass is 32.2. The molecule has 0 radical (unpaired) electrons. The number of nitrogens with zero attached hydrogens (tertiary/aromatic N) is 3. The molecular formula is C19H23FN4OS. The third-order valence-electron chi connectivity index (χ3n) is 4.44. The fourth-order valence-corrected chi connectivity index (χ4v) is 3.73. The number of allylic oxidation sites excluding steroid dienone is 1. The molecule has 1 N–H and O–H groups in total. The van der Waals surface area contributed by atoms with Gasteiger partial charge in [-0.05, 0) is 44.2 Å². The number of hydrogen-bond donors (Lipinski definition) is 1. The lowest BCUT2D eigenvalue weighted by molar-refractivity contribution is -0.118. The number of halogens is 1. The minimum absolute atomic E-state index is 0.0261. The predicted molar refractivity (Wildman–Crippen MR) is 101 cm³/mol. The van der Waals surface area contributed by atoms with Crippen molar-refractivity contribution in [1.29, 1.82) is 0 Å². The van der Waals surface area contributed by atoms with Gasteiger partial charge in [0.2, 0.25) is 5.91 Å². The molecule has 1 aliphatic carbocycles. The van der Waals surface area contributed by atoms with E-state index in [1.807, 2.05) is 0 Å². The van der Waals surface area contributed by atoms with Gasteiger partial charge in [0.05, 0.1) is 11.3 Å². The van der Waals surface area contributed by atoms with Crippen LogP contribution in [0.4, 0.5) is 4.39 Å². The smallest absolute Gasteiger partial charge is 0.230 e. The van der Waals surface area contributed by atoms with Crippen LogP contribution in [0.15, 0.2) is 41.1 Å². The van der Waals surface area contributed by atoms with Crippen molar-refractivity contribution in [2.45, 2.75) is 37.3 Å². The van der Waals surface area contributed by atoms with Gasteiger partial charge in [0, 0.05) is 13.6 Å². The maximum atomic E-state index is 13.9. The number of carbonyl (C=O) groups is 1. The zero-order chi connectivity index (χ0) is 18.4. The van der Waals surface area contributed by atoms with Gasteiger partial charge in [0.1, 0.15) is 5.82 Å². The zero-order valence-corrected chi connectivity index (χ0v) is 15.7. The summed E-state index contributed by atoms with van der Waals surface area (Å²) in [6, 6.07) is 6.46. The quantitative estimate of drug-likeness (QED) is 0.593. The topological polar surface area (TPSA) is 59.8 Å². The van der Waals surface area contributed by atoms with E-state index >= 15 is 0 Å². The molecule has 138 valence electrons. The second kappa shape index (κ2) is 8.98. The molecule has 1 heterocycles. The average Bonchev–Trinajstić information content (AvgIpc) is 3.02. The van der Waals surface area contributed by atoms with Gasteiger partial charge in [-0.15, -0.1) is 10.2 Å². The van der Waals surface area contributed by atoms with E-state index in [1.165, 1.54) is 36.2 Å². The lowest BCUT2D eigenvalue weighted by atomic mass is 9.97. The molecule has 0 bridgehead atoms. The zero-order valence-electron chi connectivity index (χ0n) is 14.9. The summed E-state index contributed by atoms with van der Waals surface area (Å²) in [4.78, 5) is 12.0. The molecular weight excluding hydrogens is 351 g/mol. The third kappa shape index (κ3) is 4.72. The van der Waals surface area contributed by atoms with Crippen LogP contribution >= 0.6 is 11.8 Å². The normalized spacial score (nSPS) is 14.2. The molecule has 1 amide bonds. The average molecular weight is 374 g/mol. The molecule has 0 unspecified atom stereocenters. The molecule has 1 aliphatic rings. The Morgan fingerprint density at radius 1 is 1.31 bits per heavy atom. The van der Waals surface area contributed by atoms with E-state index in [-0.39, 0.29) is 17.5 Å². The molecule has 2 aromatic rings. The third-order valence-corrected chi connectivity index (χ3v) is 5.46. The highest BCUT2D eigenvalue weighted by Gasteiger charge is 2.15. The number of thioether (sulfide) groups is 1. The number of hydrogen-bond acceptors (Lipinski definition) is 4. The molecule has 0 spiro atoms. The van der Waals surface area contributed by atoms with E-state index in [4.69, 9.17) is 0 Å². The lowest BCUT2D eigenvalue weighted by Gasteiger charge is -2.12. The van der Waals surface area contributed by atoms with Crippen LogP contribution in [0.25, 0.3) is 11.4 Å². The van der Waals surface area contributed by atoms with E-state index in [0.29, 0.717) is 23.1 Å². The van der Waals surface area contributed by atoms with E-state index in [1.54, 1.807) is 29.8 Å². The summed E-state index contributed by atoms with van der Waals surface area (Å²) in [6.45, 7) is 0.671. The molecule has 0 saturated heterocycles. The standard InChI is InChI=1S/C19H23FN4OS/c1-24-18(15-9-5-6-10-16(15)20)22-23-19(24)26-13-17(25)21-12-11-14-7-3-2-4-8-14/h5-7,9-10H,2-4,8,11-13H2,1H3,(H,21,25). The Hall–Kier alpha value is -2.15. The Bertz CT molecular complexity index is 803. The summed E-state index contributed by atoms with van der Waals surface area (Å²) < 4.78 is 15.6. The van der Waals surface area contributed by atoms with Gasteiger partial charge in [-0.25, -0.2) is 4.39 Å². The summed E-state index contributed by atoms with van der Waals surface area (Å²) in [6.07, 6.45) is 8.08. The summed E-state index contributed by atoms with van der Waals surface area (Å²) in [5, 5.41) is 11.7. The number of rotatable bonds is 7. The van der Waals surface area contributed by atoms with Crippen LogP contribution in [0.3, 0.4) is 0 Å². The van der Waals surface area contributed by atoms with Crippen molar-refractivity contribution in [2.24, 2.45) is 7.05 Å². The maximum Gasteiger partial charge on any atom is 0.230 e. The molecule has 5 nitrogen and oxygen atoms in total. The predicted octanol–water partition coefficient (Wildman–Crippen LogP) is 3.72. The van der Waals surface area contributed by atoms with E-state index in [2.05, 4.69) is 21.6 Å².